The van der Waals surface area contributed by atoms with Crippen LogP contribution in [0.4, 0.5) is 28.9 Å². The summed E-state index contributed by atoms with van der Waals surface area (Å²) in [7, 11) is 0. The van der Waals surface area contributed by atoms with Crippen LogP contribution >= 0.6 is 23.4 Å². The summed E-state index contributed by atoms with van der Waals surface area (Å²) in [6.45, 7) is 0. The summed E-state index contributed by atoms with van der Waals surface area (Å²) in [6, 6.07) is 14.7. The zero-order chi connectivity index (χ0) is 23.3. The standard InChI is InChI=1S/C22H15ClF4N2O2S/c23-16-6-2-4-8-19(16)32-12-20(30)29-18-10-9-13(11-15(18)22(25,26)27)28-21(31)14-5-1-3-7-17(14)24/h1-11H,12H2,(H,28,31)(H,29,30). The van der Waals surface area contributed by atoms with Crippen molar-refractivity contribution in [2.45, 2.75) is 11.1 Å². The second kappa shape index (κ2) is 10.1. The number of hydrogen-bond acceptors (Lipinski definition) is 3. The Balaban J connectivity index is 1.75. The molecule has 10 heteroatoms. The predicted molar refractivity (Wildman–Crippen MR) is 117 cm³/mol. The second-order valence-electron chi connectivity index (χ2n) is 6.46. The third-order valence-corrected chi connectivity index (χ3v) is 5.69. The average Bonchev–Trinajstić information content (AvgIpc) is 2.73. The molecule has 0 atom stereocenters. The highest BCUT2D eigenvalue weighted by Gasteiger charge is 2.34. The third kappa shape index (κ3) is 6.02. The van der Waals surface area contributed by atoms with Gasteiger partial charge in [-0.25, -0.2) is 4.39 Å². The number of alkyl halides is 3. The summed E-state index contributed by atoms with van der Waals surface area (Å²) in [5.41, 5.74) is -2.13. The quantitative estimate of drug-likeness (QED) is 0.312. The molecule has 0 aliphatic carbocycles. The molecule has 32 heavy (non-hydrogen) atoms. The van der Waals surface area contributed by atoms with Crippen molar-refractivity contribution in [2.75, 3.05) is 16.4 Å². The van der Waals surface area contributed by atoms with E-state index in [4.69, 9.17) is 11.6 Å². The molecule has 0 fully saturated rings. The zero-order valence-electron chi connectivity index (χ0n) is 16.2. The zero-order valence-corrected chi connectivity index (χ0v) is 17.7. The lowest BCUT2D eigenvalue weighted by Crippen LogP contribution is -2.19. The van der Waals surface area contributed by atoms with Gasteiger partial charge in [0.25, 0.3) is 5.91 Å². The van der Waals surface area contributed by atoms with E-state index in [0.29, 0.717) is 16.0 Å². The summed E-state index contributed by atoms with van der Waals surface area (Å²) < 4.78 is 54.4. The highest BCUT2D eigenvalue weighted by atomic mass is 35.5. The third-order valence-electron chi connectivity index (χ3n) is 4.17. The minimum Gasteiger partial charge on any atom is -0.325 e. The fourth-order valence-electron chi connectivity index (χ4n) is 2.70. The largest absolute Gasteiger partial charge is 0.418 e. The van der Waals surface area contributed by atoms with E-state index in [-0.39, 0.29) is 17.0 Å². The maximum absolute atomic E-state index is 13.7. The monoisotopic (exact) mass is 482 g/mol. The van der Waals surface area contributed by atoms with Crippen molar-refractivity contribution in [2.24, 2.45) is 0 Å². The number of carbonyl (C=O) groups excluding carboxylic acids is 2. The van der Waals surface area contributed by atoms with Gasteiger partial charge in [0.2, 0.25) is 5.91 Å². The minimum absolute atomic E-state index is 0.160. The first-order valence-electron chi connectivity index (χ1n) is 9.09. The van der Waals surface area contributed by atoms with Crippen LogP contribution in [0, 0.1) is 5.82 Å². The molecule has 3 rings (SSSR count). The number of carbonyl (C=O) groups is 2. The van der Waals surface area contributed by atoms with Gasteiger partial charge in [-0.15, -0.1) is 11.8 Å². The number of rotatable bonds is 6. The molecule has 0 aliphatic rings. The lowest BCUT2D eigenvalue weighted by molar-refractivity contribution is -0.136. The number of halogens is 5. The highest BCUT2D eigenvalue weighted by molar-refractivity contribution is 8.00. The minimum atomic E-state index is -4.81. The number of hydrogen-bond donors (Lipinski definition) is 2. The van der Waals surface area contributed by atoms with E-state index in [1.807, 2.05) is 0 Å². The fourth-order valence-corrected chi connectivity index (χ4v) is 3.74. The molecule has 0 bridgehead atoms. The van der Waals surface area contributed by atoms with E-state index >= 15 is 0 Å². The van der Waals surface area contributed by atoms with Crippen molar-refractivity contribution in [3.63, 3.8) is 0 Å². The molecule has 0 saturated carbocycles. The molecule has 2 N–H and O–H groups in total. The summed E-state index contributed by atoms with van der Waals surface area (Å²) in [4.78, 5) is 25.0. The van der Waals surface area contributed by atoms with Gasteiger partial charge in [0, 0.05) is 10.6 Å². The van der Waals surface area contributed by atoms with Crippen molar-refractivity contribution in [3.05, 3.63) is 88.7 Å². The summed E-state index contributed by atoms with van der Waals surface area (Å²) >= 11 is 7.09. The van der Waals surface area contributed by atoms with Crippen LogP contribution in [0.5, 0.6) is 0 Å². The lowest BCUT2D eigenvalue weighted by atomic mass is 10.1. The van der Waals surface area contributed by atoms with E-state index in [0.717, 1.165) is 23.9 Å². The van der Waals surface area contributed by atoms with Gasteiger partial charge < -0.3 is 10.6 Å². The average molecular weight is 483 g/mol. The van der Waals surface area contributed by atoms with Gasteiger partial charge in [-0.1, -0.05) is 35.9 Å². The topological polar surface area (TPSA) is 58.2 Å². The van der Waals surface area contributed by atoms with Gasteiger partial charge >= 0.3 is 6.18 Å². The Hall–Kier alpha value is -3.04. The summed E-state index contributed by atoms with van der Waals surface area (Å²) in [5.74, 6) is -2.53. The molecule has 0 aliphatic heterocycles. The number of thioether (sulfide) groups is 1. The molecule has 3 aromatic carbocycles. The van der Waals surface area contributed by atoms with E-state index in [2.05, 4.69) is 10.6 Å². The summed E-state index contributed by atoms with van der Waals surface area (Å²) in [5, 5.41) is 4.89. The van der Waals surface area contributed by atoms with Crippen molar-refractivity contribution in [1.29, 1.82) is 0 Å². The smallest absolute Gasteiger partial charge is 0.325 e. The molecular formula is C22H15ClF4N2O2S. The van der Waals surface area contributed by atoms with Crippen LogP contribution in [0.3, 0.4) is 0 Å². The first-order chi connectivity index (χ1) is 15.1. The molecular weight excluding hydrogens is 468 g/mol. The Morgan fingerprint density at radius 1 is 0.938 bits per heavy atom. The molecule has 0 spiro atoms. The second-order valence-corrected chi connectivity index (χ2v) is 7.88. The Bertz CT molecular complexity index is 1150. The summed E-state index contributed by atoms with van der Waals surface area (Å²) in [6.07, 6.45) is -4.81. The number of nitrogens with one attached hydrogen (secondary N) is 2. The van der Waals surface area contributed by atoms with Crippen molar-refractivity contribution >= 4 is 46.6 Å². The Morgan fingerprint density at radius 2 is 1.62 bits per heavy atom. The lowest BCUT2D eigenvalue weighted by Gasteiger charge is -2.16. The molecule has 0 unspecified atom stereocenters. The first kappa shape index (κ1) is 23.6. The van der Waals surface area contributed by atoms with Crippen LogP contribution in [0.25, 0.3) is 0 Å². The van der Waals surface area contributed by atoms with Crippen molar-refractivity contribution in [3.8, 4) is 0 Å². The molecule has 0 saturated heterocycles. The van der Waals surface area contributed by atoms with Crippen LogP contribution in [-0.4, -0.2) is 17.6 Å². The molecule has 0 radical (unpaired) electrons. The maximum atomic E-state index is 13.7. The fraction of sp³-hybridized carbons (Fsp3) is 0.0909. The van der Waals surface area contributed by atoms with E-state index in [1.54, 1.807) is 24.3 Å². The number of amides is 2. The number of anilines is 2. The molecule has 3 aromatic rings. The number of benzene rings is 3. The Morgan fingerprint density at radius 3 is 2.31 bits per heavy atom. The molecule has 4 nitrogen and oxygen atoms in total. The Kier molecular flexibility index (Phi) is 7.42. The van der Waals surface area contributed by atoms with E-state index in [1.165, 1.54) is 24.3 Å². The predicted octanol–water partition coefficient (Wildman–Crippen LogP) is 6.48. The van der Waals surface area contributed by atoms with Gasteiger partial charge in [-0.05, 0) is 42.5 Å². The maximum Gasteiger partial charge on any atom is 0.418 e. The molecule has 0 heterocycles. The van der Waals surface area contributed by atoms with Crippen molar-refractivity contribution in [1.82, 2.24) is 0 Å². The molecule has 2 amide bonds. The molecule has 0 aromatic heterocycles. The van der Waals surface area contributed by atoms with Crippen LogP contribution in [-0.2, 0) is 11.0 Å². The van der Waals surface area contributed by atoms with Gasteiger partial charge in [0.05, 0.1) is 27.6 Å². The van der Waals surface area contributed by atoms with Gasteiger partial charge in [0.1, 0.15) is 5.82 Å². The highest BCUT2D eigenvalue weighted by Crippen LogP contribution is 2.37. The van der Waals surface area contributed by atoms with Crippen LogP contribution < -0.4 is 10.6 Å². The van der Waals surface area contributed by atoms with Gasteiger partial charge in [0.15, 0.2) is 0 Å². The van der Waals surface area contributed by atoms with Crippen LogP contribution in [0.1, 0.15) is 15.9 Å². The SMILES string of the molecule is O=C(CSc1ccccc1Cl)Nc1ccc(NC(=O)c2ccccc2F)cc1C(F)(F)F. The van der Waals surface area contributed by atoms with Gasteiger partial charge in [-0.3, -0.25) is 9.59 Å². The van der Waals surface area contributed by atoms with Crippen LogP contribution in [0.2, 0.25) is 5.02 Å². The molecule has 166 valence electrons. The normalized spacial score (nSPS) is 11.2. The first-order valence-corrected chi connectivity index (χ1v) is 10.5. The van der Waals surface area contributed by atoms with Crippen molar-refractivity contribution < 1.29 is 27.2 Å². The van der Waals surface area contributed by atoms with E-state index < -0.39 is 35.1 Å². The van der Waals surface area contributed by atoms with E-state index in [9.17, 15) is 27.2 Å². The Labute approximate surface area is 190 Å². The van der Waals surface area contributed by atoms with Crippen LogP contribution in [0.15, 0.2) is 71.6 Å². The van der Waals surface area contributed by atoms with Gasteiger partial charge in [-0.2, -0.15) is 13.2 Å².